The third-order valence-electron chi connectivity index (χ3n) is 5.47. The van der Waals surface area contributed by atoms with Gasteiger partial charge in [0, 0.05) is 17.8 Å². The number of nitrogens with one attached hydrogen (secondary N) is 2. The van der Waals surface area contributed by atoms with Gasteiger partial charge in [0.1, 0.15) is 0 Å². The lowest BCUT2D eigenvalue weighted by molar-refractivity contribution is -0.113. The Kier molecular flexibility index (Phi) is 7.62. The molecule has 8 heteroatoms. The van der Waals surface area contributed by atoms with Crippen LogP contribution in [0.5, 0.6) is 0 Å². The van der Waals surface area contributed by atoms with Crippen LogP contribution < -0.4 is 10.6 Å². The normalized spacial score (nSPS) is 11.7. The van der Waals surface area contributed by atoms with Crippen molar-refractivity contribution >= 4 is 40.0 Å². The topological polar surface area (TPSA) is 88.9 Å². The molecule has 1 aromatic heterocycles. The molecular weight excluding hydrogens is 458 g/mol. The molecule has 2 amide bonds. The number of rotatable bonds is 9. The highest BCUT2D eigenvalue weighted by Crippen LogP contribution is 2.23. The molecule has 4 aromatic rings. The summed E-state index contributed by atoms with van der Waals surface area (Å²) in [5.74, 6) is 0.449. The highest BCUT2D eigenvalue weighted by molar-refractivity contribution is 7.99. The molecule has 178 valence electrons. The van der Waals surface area contributed by atoms with Crippen molar-refractivity contribution in [1.82, 2.24) is 20.1 Å². The summed E-state index contributed by atoms with van der Waals surface area (Å²) < 4.78 is 1.86. The third-order valence-corrected chi connectivity index (χ3v) is 6.44. The molecule has 35 heavy (non-hydrogen) atoms. The molecule has 0 fully saturated rings. The van der Waals surface area contributed by atoms with Gasteiger partial charge in [-0.3, -0.25) is 9.59 Å². The van der Waals surface area contributed by atoms with Crippen LogP contribution in [0.25, 0.3) is 10.8 Å². The maximum atomic E-state index is 12.6. The van der Waals surface area contributed by atoms with Gasteiger partial charge in [-0.05, 0) is 48.9 Å². The first-order chi connectivity index (χ1) is 16.9. The van der Waals surface area contributed by atoms with Crippen LogP contribution in [-0.4, -0.2) is 32.3 Å². The van der Waals surface area contributed by atoms with E-state index in [9.17, 15) is 9.59 Å². The summed E-state index contributed by atoms with van der Waals surface area (Å²) in [6.45, 7) is 8.11. The van der Waals surface area contributed by atoms with Crippen molar-refractivity contribution in [3.63, 3.8) is 0 Å². The second-order valence-corrected chi connectivity index (χ2v) is 9.14. The molecule has 0 radical (unpaired) electrons. The maximum Gasteiger partial charge on any atom is 0.251 e. The van der Waals surface area contributed by atoms with E-state index < -0.39 is 0 Å². The molecule has 0 spiro atoms. The largest absolute Gasteiger partial charge is 0.342 e. The van der Waals surface area contributed by atoms with Gasteiger partial charge in [0.05, 0.1) is 11.8 Å². The van der Waals surface area contributed by atoms with E-state index in [0.717, 1.165) is 22.0 Å². The van der Waals surface area contributed by atoms with Crippen molar-refractivity contribution < 1.29 is 9.59 Å². The minimum absolute atomic E-state index is 0.138. The van der Waals surface area contributed by atoms with Crippen LogP contribution in [0.2, 0.25) is 0 Å². The average molecular weight is 486 g/mol. The smallest absolute Gasteiger partial charge is 0.251 e. The molecule has 3 aromatic carbocycles. The Labute approximate surface area is 208 Å². The summed E-state index contributed by atoms with van der Waals surface area (Å²) >= 11 is 1.29. The van der Waals surface area contributed by atoms with Crippen LogP contribution >= 0.6 is 11.8 Å². The zero-order chi connectivity index (χ0) is 24.8. The monoisotopic (exact) mass is 485 g/mol. The van der Waals surface area contributed by atoms with Gasteiger partial charge in [-0.2, -0.15) is 0 Å². The van der Waals surface area contributed by atoms with E-state index in [4.69, 9.17) is 0 Å². The van der Waals surface area contributed by atoms with E-state index in [1.54, 1.807) is 18.2 Å². The molecule has 4 rings (SSSR count). The predicted molar refractivity (Wildman–Crippen MR) is 141 cm³/mol. The van der Waals surface area contributed by atoms with Crippen LogP contribution in [0.3, 0.4) is 0 Å². The number of anilines is 1. The van der Waals surface area contributed by atoms with Gasteiger partial charge in [0.2, 0.25) is 5.91 Å². The molecule has 0 bridgehead atoms. The molecular formula is C27H27N5O2S. The lowest BCUT2D eigenvalue weighted by Gasteiger charge is -2.15. The Hall–Kier alpha value is -3.91. The zero-order valence-corrected chi connectivity index (χ0v) is 20.5. The Morgan fingerprint density at radius 1 is 1.06 bits per heavy atom. The first kappa shape index (κ1) is 24.2. The number of fused-ring (bicyclic) bond motifs is 1. The highest BCUT2D eigenvalue weighted by atomic mass is 32.2. The standard InChI is InChI=1S/C27H27N5O2S/c1-4-15-32-25(19(3)28-26(34)21-11-9-18(2)10-12-21)30-31-27(32)35-17-24(33)29-23-14-13-20-7-5-6-8-22(20)16-23/h4-14,16,19H,1,15,17H2,2-3H3,(H,28,34)(H,29,33)/t19-/m1/s1. The Bertz CT molecular complexity index is 1360. The van der Waals surface area contributed by atoms with E-state index in [1.807, 2.05) is 73.0 Å². The Morgan fingerprint density at radius 2 is 1.80 bits per heavy atom. The fourth-order valence-electron chi connectivity index (χ4n) is 3.67. The van der Waals surface area contributed by atoms with Gasteiger partial charge < -0.3 is 15.2 Å². The van der Waals surface area contributed by atoms with E-state index >= 15 is 0 Å². The van der Waals surface area contributed by atoms with Gasteiger partial charge in [0.15, 0.2) is 11.0 Å². The molecule has 0 aliphatic heterocycles. The van der Waals surface area contributed by atoms with Crippen molar-refractivity contribution in [1.29, 1.82) is 0 Å². The van der Waals surface area contributed by atoms with Gasteiger partial charge >= 0.3 is 0 Å². The Morgan fingerprint density at radius 3 is 2.54 bits per heavy atom. The van der Waals surface area contributed by atoms with Crippen molar-refractivity contribution in [3.05, 3.63) is 96.3 Å². The van der Waals surface area contributed by atoms with Gasteiger partial charge in [0.25, 0.3) is 5.91 Å². The number of aromatic nitrogens is 3. The summed E-state index contributed by atoms with van der Waals surface area (Å²) in [6.07, 6.45) is 1.74. The first-order valence-electron chi connectivity index (χ1n) is 11.3. The SMILES string of the molecule is C=CCn1c(SCC(=O)Nc2ccc3ccccc3c2)nnc1[C@@H](C)NC(=O)c1ccc(C)cc1. The second-order valence-electron chi connectivity index (χ2n) is 8.20. The van der Waals surface area contributed by atoms with Crippen molar-refractivity contribution in [2.45, 2.75) is 31.6 Å². The van der Waals surface area contributed by atoms with E-state index in [1.165, 1.54) is 11.8 Å². The number of amides is 2. The summed E-state index contributed by atoms with van der Waals surface area (Å²) in [5.41, 5.74) is 2.42. The number of allylic oxidation sites excluding steroid dienone is 1. The van der Waals surface area contributed by atoms with Crippen molar-refractivity contribution in [2.75, 3.05) is 11.1 Å². The number of carbonyl (C=O) groups excluding carboxylic acids is 2. The molecule has 0 aliphatic carbocycles. The zero-order valence-electron chi connectivity index (χ0n) is 19.7. The quantitative estimate of drug-likeness (QED) is 0.253. The molecule has 1 atom stereocenters. The first-order valence-corrected chi connectivity index (χ1v) is 12.3. The van der Waals surface area contributed by atoms with Crippen molar-refractivity contribution in [2.24, 2.45) is 0 Å². The summed E-state index contributed by atoms with van der Waals surface area (Å²) in [4.78, 5) is 25.2. The number of hydrogen-bond donors (Lipinski definition) is 2. The minimum Gasteiger partial charge on any atom is -0.342 e. The van der Waals surface area contributed by atoms with Gasteiger partial charge in [-0.25, -0.2) is 0 Å². The number of aryl methyl sites for hydroxylation is 1. The minimum atomic E-state index is -0.378. The van der Waals surface area contributed by atoms with Crippen LogP contribution in [0.15, 0.2) is 84.5 Å². The number of nitrogens with zero attached hydrogens (tertiary/aromatic N) is 3. The summed E-state index contributed by atoms with van der Waals surface area (Å²) in [6, 6.07) is 20.8. The lowest BCUT2D eigenvalue weighted by Crippen LogP contribution is -2.28. The fourth-order valence-corrected chi connectivity index (χ4v) is 4.43. The van der Waals surface area contributed by atoms with E-state index in [2.05, 4.69) is 27.4 Å². The average Bonchev–Trinajstić information content (AvgIpc) is 3.26. The van der Waals surface area contributed by atoms with E-state index in [0.29, 0.717) is 23.1 Å². The molecule has 7 nitrogen and oxygen atoms in total. The summed E-state index contributed by atoms with van der Waals surface area (Å²) in [5, 5.41) is 17.2. The number of carbonyl (C=O) groups is 2. The maximum absolute atomic E-state index is 12.6. The molecule has 1 heterocycles. The lowest BCUT2D eigenvalue weighted by atomic mass is 10.1. The fraction of sp³-hybridized carbons (Fsp3) is 0.185. The molecule has 0 aliphatic rings. The van der Waals surface area contributed by atoms with E-state index in [-0.39, 0.29) is 23.6 Å². The molecule has 0 saturated carbocycles. The van der Waals surface area contributed by atoms with Gasteiger partial charge in [-0.1, -0.05) is 65.9 Å². The second kappa shape index (κ2) is 11.0. The van der Waals surface area contributed by atoms with Crippen molar-refractivity contribution in [3.8, 4) is 0 Å². The third kappa shape index (κ3) is 5.96. The van der Waals surface area contributed by atoms with Gasteiger partial charge in [-0.15, -0.1) is 16.8 Å². The number of thioether (sulfide) groups is 1. The number of hydrogen-bond acceptors (Lipinski definition) is 5. The molecule has 0 unspecified atom stereocenters. The van der Waals surface area contributed by atoms with Crippen LogP contribution in [0, 0.1) is 6.92 Å². The molecule has 0 saturated heterocycles. The highest BCUT2D eigenvalue weighted by Gasteiger charge is 2.20. The Balaban J connectivity index is 1.40. The van der Waals surface area contributed by atoms with Crippen LogP contribution in [0.4, 0.5) is 5.69 Å². The summed E-state index contributed by atoms with van der Waals surface area (Å²) in [7, 11) is 0. The molecule has 2 N–H and O–H groups in total. The predicted octanol–water partition coefficient (Wildman–Crippen LogP) is 5.15. The van der Waals surface area contributed by atoms with Crippen LogP contribution in [-0.2, 0) is 11.3 Å². The number of benzene rings is 3. The van der Waals surface area contributed by atoms with Crippen LogP contribution in [0.1, 0.15) is 34.7 Å².